The fraction of sp³-hybridized carbons (Fsp3) is 0.222. The van der Waals surface area contributed by atoms with Gasteiger partial charge in [0.1, 0.15) is 5.75 Å². The smallest absolute Gasteiger partial charge is 0.387 e. The molecule has 2 aromatic carbocycles. The Kier molecular flexibility index (Phi) is 6.29. The maximum atomic E-state index is 12.1. The molecular weight excluding hydrogens is 328 g/mol. The average Bonchev–Trinajstić information content (AvgIpc) is 2.61. The van der Waals surface area contributed by atoms with E-state index in [1.165, 1.54) is 17.0 Å². The van der Waals surface area contributed by atoms with Crippen LogP contribution in [0.1, 0.15) is 11.1 Å². The quantitative estimate of drug-likeness (QED) is 0.837. The summed E-state index contributed by atoms with van der Waals surface area (Å²) in [5.74, 6) is -0.0486. The molecule has 1 N–H and O–H groups in total. The molecule has 0 saturated carbocycles. The summed E-state index contributed by atoms with van der Waals surface area (Å²) in [6, 6.07) is 15.0. The van der Waals surface area contributed by atoms with Gasteiger partial charge in [0.15, 0.2) is 0 Å². The van der Waals surface area contributed by atoms with Crippen LogP contribution in [0.3, 0.4) is 0 Å². The molecule has 2 aromatic rings. The minimum absolute atomic E-state index is 0.0789. The molecule has 1 amide bonds. The summed E-state index contributed by atoms with van der Waals surface area (Å²) in [5, 5.41) is 11.7. The third-order valence-electron chi connectivity index (χ3n) is 3.45. The highest BCUT2D eigenvalue weighted by atomic mass is 19.3. The number of alkyl halides is 2. The van der Waals surface area contributed by atoms with Gasteiger partial charge >= 0.3 is 6.61 Å². The van der Waals surface area contributed by atoms with Crippen LogP contribution in [0.15, 0.2) is 48.5 Å². The number of nitriles is 1. The molecule has 0 fully saturated rings. The molecule has 2 rings (SSSR count). The molecule has 130 valence electrons. The van der Waals surface area contributed by atoms with Crippen molar-refractivity contribution in [3.05, 3.63) is 59.7 Å². The number of rotatable bonds is 7. The van der Waals surface area contributed by atoms with Gasteiger partial charge in [-0.05, 0) is 42.0 Å². The summed E-state index contributed by atoms with van der Waals surface area (Å²) < 4.78 is 28.5. The molecule has 0 radical (unpaired) electrons. The van der Waals surface area contributed by atoms with Crippen LogP contribution in [0.2, 0.25) is 0 Å². The average molecular weight is 345 g/mol. The van der Waals surface area contributed by atoms with Crippen LogP contribution >= 0.6 is 0 Å². The van der Waals surface area contributed by atoms with Gasteiger partial charge in [-0.3, -0.25) is 4.79 Å². The second-order valence-corrected chi connectivity index (χ2v) is 5.31. The zero-order valence-corrected chi connectivity index (χ0v) is 13.6. The summed E-state index contributed by atoms with van der Waals surface area (Å²) in [6.45, 7) is -2.40. The molecular formula is C18H17F2N3O2. The molecule has 0 spiro atoms. The highest BCUT2D eigenvalue weighted by Gasteiger charge is 2.10. The van der Waals surface area contributed by atoms with E-state index >= 15 is 0 Å². The lowest BCUT2D eigenvalue weighted by molar-refractivity contribution is -0.128. The number of nitrogens with zero attached hydrogens (tertiary/aromatic N) is 2. The van der Waals surface area contributed by atoms with E-state index in [9.17, 15) is 13.6 Å². The molecule has 0 saturated heterocycles. The number of benzene rings is 2. The lowest BCUT2D eigenvalue weighted by Gasteiger charge is -2.18. The van der Waals surface area contributed by atoms with Crippen LogP contribution in [0.5, 0.6) is 5.75 Å². The molecule has 0 bridgehead atoms. The van der Waals surface area contributed by atoms with Gasteiger partial charge in [0.25, 0.3) is 0 Å². The number of ether oxygens (including phenoxy) is 1. The Bertz CT molecular complexity index is 740. The SMILES string of the molecule is CN(Cc1ccc(OC(F)F)cc1)C(=O)CNc1ccc(C#N)cc1. The molecule has 5 nitrogen and oxygen atoms in total. The van der Waals surface area contributed by atoms with E-state index in [4.69, 9.17) is 5.26 Å². The second-order valence-electron chi connectivity index (χ2n) is 5.31. The number of nitrogens with one attached hydrogen (secondary N) is 1. The van der Waals surface area contributed by atoms with Gasteiger partial charge in [-0.1, -0.05) is 12.1 Å². The minimum atomic E-state index is -2.86. The van der Waals surface area contributed by atoms with Crippen molar-refractivity contribution in [1.29, 1.82) is 5.26 Å². The van der Waals surface area contributed by atoms with E-state index in [1.54, 1.807) is 43.4 Å². The van der Waals surface area contributed by atoms with Gasteiger partial charge < -0.3 is 15.0 Å². The van der Waals surface area contributed by atoms with E-state index in [1.807, 2.05) is 6.07 Å². The molecule has 7 heteroatoms. The van der Waals surface area contributed by atoms with Crippen molar-refractivity contribution in [2.24, 2.45) is 0 Å². The maximum absolute atomic E-state index is 12.1. The Balaban J connectivity index is 1.84. The first-order valence-electron chi connectivity index (χ1n) is 7.49. The predicted octanol–water partition coefficient (Wildman–Crippen LogP) is 3.23. The monoisotopic (exact) mass is 345 g/mol. The van der Waals surface area contributed by atoms with Gasteiger partial charge in [0.05, 0.1) is 18.2 Å². The highest BCUT2D eigenvalue weighted by molar-refractivity contribution is 5.80. The predicted molar refractivity (Wildman–Crippen MR) is 89.2 cm³/mol. The maximum Gasteiger partial charge on any atom is 0.387 e. The first-order chi connectivity index (χ1) is 12.0. The van der Waals surface area contributed by atoms with Gasteiger partial charge in [0, 0.05) is 19.3 Å². The van der Waals surface area contributed by atoms with Crippen molar-refractivity contribution in [2.75, 3.05) is 18.9 Å². The molecule has 0 aliphatic heterocycles. The van der Waals surface area contributed by atoms with E-state index in [0.29, 0.717) is 12.1 Å². The van der Waals surface area contributed by atoms with Gasteiger partial charge in [-0.15, -0.1) is 0 Å². The Labute approximate surface area is 144 Å². The van der Waals surface area contributed by atoms with Crippen molar-refractivity contribution in [3.63, 3.8) is 0 Å². The van der Waals surface area contributed by atoms with Gasteiger partial charge in [-0.2, -0.15) is 14.0 Å². The van der Waals surface area contributed by atoms with Crippen LogP contribution in [0.4, 0.5) is 14.5 Å². The van der Waals surface area contributed by atoms with Crippen molar-refractivity contribution in [1.82, 2.24) is 4.90 Å². The fourth-order valence-corrected chi connectivity index (χ4v) is 2.11. The molecule has 0 unspecified atom stereocenters. The Morgan fingerprint density at radius 1 is 1.20 bits per heavy atom. The fourth-order valence-electron chi connectivity index (χ4n) is 2.11. The lowest BCUT2D eigenvalue weighted by atomic mass is 10.2. The third kappa shape index (κ3) is 5.77. The van der Waals surface area contributed by atoms with Gasteiger partial charge in [-0.25, -0.2) is 0 Å². The molecule has 0 aliphatic rings. The van der Waals surface area contributed by atoms with E-state index in [-0.39, 0.29) is 18.2 Å². The van der Waals surface area contributed by atoms with Crippen molar-refractivity contribution < 1.29 is 18.3 Å². The van der Waals surface area contributed by atoms with Crippen molar-refractivity contribution >= 4 is 11.6 Å². The molecule has 0 heterocycles. The van der Waals surface area contributed by atoms with Gasteiger partial charge in [0.2, 0.25) is 5.91 Å². The molecule has 0 aromatic heterocycles. The minimum Gasteiger partial charge on any atom is -0.435 e. The number of hydrogen-bond acceptors (Lipinski definition) is 4. The first-order valence-corrected chi connectivity index (χ1v) is 7.49. The number of amides is 1. The van der Waals surface area contributed by atoms with Crippen LogP contribution in [-0.4, -0.2) is 31.0 Å². The summed E-state index contributed by atoms with van der Waals surface area (Å²) in [6.07, 6.45) is 0. The van der Waals surface area contributed by atoms with Crippen molar-refractivity contribution in [2.45, 2.75) is 13.2 Å². The summed E-state index contributed by atoms with van der Waals surface area (Å²) in [5.41, 5.74) is 2.10. The summed E-state index contributed by atoms with van der Waals surface area (Å²) in [7, 11) is 1.66. The first kappa shape index (κ1) is 18.2. The normalized spacial score (nSPS) is 10.2. The third-order valence-corrected chi connectivity index (χ3v) is 3.45. The molecule has 25 heavy (non-hydrogen) atoms. The molecule has 0 aliphatic carbocycles. The number of likely N-dealkylation sites (N-methyl/N-ethyl adjacent to an activating group) is 1. The zero-order valence-electron chi connectivity index (χ0n) is 13.6. The van der Waals surface area contributed by atoms with E-state index < -0.39 is 6.61 Å². The zero-order chi connectivity index (χ0) is 18.2. The van der Waals surface area contributed by atoms with Crippen LogP contribution in [0, 0.1) is 11.3 Å². The number of anilines is 1. The van der Waals surface area contributed by atoms with Crippen LogP contribution < -0.4 is 10.1 Å². The largest absolute Gasteiger partial charge is 0.435 e. The second kappa shape index (κ2) is 8.64. The van der Waals surface area contributed by atoms with Crippen LogP contribution in [-0.2, 0) is 11.3 Å². The molecule has 0 atom stereocenters. The standard InChI is InChI=1S/C18H17F2N3O2/c1-23(12-14-4-8-16(9-5-14)25-18(19)20)17(24)11-22-15-6-2-13(10-21)3-7-15/h2-9,18,22H,11-12H2,1H3. The highest BCUT2D eigenvalue weighted by Crippen LogP contribution is 2.16. The Morgan fingerprint density at radius 3 is 2.40 bits per heavy atom. The van der Waals surface area contributed by atoms with E-state index in [0.717, 1.165) is 11.3 Å². The number of halogens is 2. The number of carbonyl (C=O) groups is 1. The summed E-state index contributed by atoms with van der Waals surface area (Å²) in [4.78, 5) is 13.7. The summed E-state index contributed by atoms with van der Waals surface area (Å²) >= 11 is 0. The van der Waals surface area contributed by atoms with Crippen LogP contribution in [0.25, 0.3) is 0 Å². The number of hydrogen-bond donors (Lipinski definition) is 1. The number of carbonyl (C=O) groups excluding carboxylic acids is 1. The van der Waals surface area contributed by atoms with Crippen molar-refractivity contribution in [3.8, 4) is 11.8 Å². The Morgan fingerprint density at radius 2 is 1.84 bits per heavy atom. The Hall–Kier alpha value is -3.14. The topological polar surface area (TPSA) is 65.4 Å². The van der Waals surface area contributed by atoms with E-state index in [2.05, 4.69) is 10.1 Å². The lowest BCUT2D eigenvalue weighted by Crippen LogP contribution is -2.31.